The summed E-state index contributed by atoms with van der Waals surface area (Å²) in [6.45, 7) is 4.63. The molecule has 5 heteroatoms. The molecule has 1 aromatic rings. The zero-order chi connectivity index (χ0) is 13.0. The topological polar surface area (TPSA) is 32.3 Å². The number of nitrogens with one attached hydrogen (secondary N) is 1. The molecule has 1 amide bonds. The van der Waals surface area contributed by atoms with Gasteiger partial charge in [-0.3, -0.25) is 4.79 Å². The molecule has 0 aliphatic carbocycles. The van der Waals surface area contributed by atoms with Crippen LogP contribution in [0.15, 0.2) is 29.2 Å². The molecule has 0 radical (unpaired) electrons. The van der Waals surface area contributed by atoms with Crippen molar-refractivity contribution >= 4 is 29.3 Å². The number of rotatable bonds is 3. The second-order valence-corrected chi connectivity index (χ2v) is 5.78. The lowest BCUT2D eigenvalue weighted by Crippen LogP contribution is -2.52. The van der Waals surface area contributed by atoms with E-state index in [1.54, 1.807) is 0 Å². The minimum Gasteiger partial charge on any atom is -0.337 e. The monoisotopic (exact) mass is 284 g/mol. The van der Waals surface area contributed by atoms with Gasteiger partial charge in [-0.15, -0.1) is 11.8 Å². The van der Waals surface area contributed by atoms with E-state index in [0.717, 1.165) is 24.5 Å². The molecule has 1 aliphatic heterocycles. The zero-order valence-corrected chi connectivity index (χ0v) is 11.9. The van der Waals surface area contributed by atoms with Gasteiger partial charge >= 0.3 is 0 Å². The maximum atomic E-state index is 12.1. The largest absolute Gasteiger partial charge is 0.337 e. The predicted molar refractivity (Wildman–Crippen MR) is 76.2 cm³/mol. The fourth-order valence-corrected chi connectivity index (χ4v) is 3.12. The molecule has 0 saturated carbocycles. The molecule has 1 aliphatic rings. The molecule has 0 aromatic heterocycles. The number of benzene rings is 1. The summed E-state index contributed by atoms with van der Waals surface area (Å²) in [5.41, 5.74) is 0. The smallest absolute Gasteiger partial charge is 0.233 e. The molecular weight excluding hydrogens is 268 g/mol. The van der Waals surface area contributed by atoms with Gasteiger partial charge < -0.3 is 10.2 Å². The van der Waals surface area contributed by atoms with Crippen molar-refractivity contribution in [3.05, 3.63) is 29.3 Å². The van der Waals surface area contributed by atoms with Gasteiger partial charge in [0.1, 0.15) is 0 Å². The highest BCUT2D eigenvalue weighted by Gasteiger charge is 2.22. The highest BCUT2D eigenvalue weighted by Crippen LogP contribution is 2.26. The third-order valence-electron chi connectivity index (χ3n) is 3.01. The molecule has 98 valence electrons. The second kappa shape index (κ2) is 6.45. The third kappa shape index (κ3) is 3.40. The maximum absolute atomic E-state index is 12.1. The molecular formula is C13H17ClN2OS. The van der Waals surface area contributed by atoms with Crippen LogP contribution in [-0.4, -0.2) is 42.2 Å². The Morgan fingerprint density at radius 3 is 3.06 bits per heavy atom. The molecule has 0 bridgehead atoms. The van der Waals surface area contributed by atoms with Crippen LogP contribution in [0.1, 0.15) is 6.92 Å². The second-order valence-electron chi connectivity index (χ2n) is 4.36. The Balaban J connectivity index is 1.90. The van der Waals surface area contributed by atoms with Crippen molar-refractivity contribution in [3.8, 4) is 0 Å². The number of hydrogen-bond acceptors (Lipinski definition) is 3. The van der Waals surface area contributed by atoms with Gasteiger partial charge in [-0.1, -0.05) is 23.7 Å². The first-order valence-electron chi connectivity index (χ1n) is 6.06. The van der Waals surface area contributed by atoms with Crippen molar-refractivity contribution < 1.29 is 4.79 Å². The summed E-state index contributed by atoms with van der Waals surface area (Å²) in [4.78, 5) is 15.0. The summed E-state index contributed by atoms with van der Waals surface area (Å²) in [6.07, 6.45) is 0. The molecule has 1 atom stereocenters. The predicted octanol–water partition coefficient (Wildman–Crippen LogP) is 2.25. The number of carbonyl (C=O) groups excluding carboxylic acids is 1. The molecule has 1 aromatic carbocycles. The molecule has 1 fully saturated rings. The first kappa shape index (κ1) is 13.7. The van der Waals surface area contributed by atoms with Gasteiger partial charge in [0.05, 0.1) is 10.8 Å². The van der Waals surface area contributed by atoms with Crippen LogP contribution in [0.3, 0.4) is 0 Å². The number of halogens is 1. The molecule has 0 unspecified atom stereocenters. The van der Waals surface area contributed by atoms with Gasteiger partial charge in [0.15, 0.2) is 0 Å². The number of nitrogens with zero attached hydrogens (tertiary/aromatic N) is 1. The minimum absolute atomic E-state index is 0.189. The lowest BCUT2D eigenvalue weighted by atomic mass is 10.2. The Morgan fingerprint density at radius 1 is 1.56 bits per heavy atom. The van der Waals surface area contributed by atoms with Gasteiger partial charge in [-0.25, -0.2) is 0 Å². The van der Waals surface area contributed by atoms with Crippen LogP contribution in [0.5, 0.6) is 0 Å². The highest BCUT2D eigenvalue weighted by atomic mass is 35.5. The summed E-state index contributed by atoms with van der Waals surface area (Å²) in [7, 11) is 0. The summed E-state index contributed by atoms with van der Waals surface area (Å²) in [5, 5.41) is 3.99. The summed E-state index contributed by atoms with van der Waals surface area (Å²) in [5.74, 6) is 0.641. The van der Waals surface area contributed by atoms with Crippen LogP contribution in [0, 0.1) is 0 Å². The number of carbonyl (C=O) groups is 1. The Bertz CT molecular complexity index is 427. The lowest BCUT2D eigenvalue weighted by Gasteiger charge is -2.34. The third-order valence-corrected chi connectivity index (χ3v) is 4.51. The van der Waals surface area contributed by atoms with E-state index in [1.807, 2.05) is 29.2 Å². The highest BCUT2D eigenvalue weighted by molar-refractivity contribution is 8.00. The van der Waals surface area contributed by atoms with Gasteiger partial charge in [0.2, 0.25) is 5.91 Å². The summed E-state index contributed by atoms with van der Waals surface area (Å²) in [6, 6.07) is 7.90. The van der Waals surface area contributed by atoms with Crippen LogP contribution in [0.2, 0.25) is 5.02 Å². The van der Waals surface area contributed by atoms with E-state index in [-0.39, 0.29) is 11.9 Å². The van der Waals surface area contributed by atoms with E-state index in [2.05, 4.69) is 12.2 Å². The lowest BCUT2D eigenvalue weighted by molar-refractivity contribution is -0.131. The van der Waals surface area contributed by atoms with Crippen molar-refractivity contribution in [2.24, 2.45) is 0 Å². The normalized spacial score (nSPS) is 19.9. The van der Waals surface area contributed by atoms with Crippen LogP contribution >= 0.6 is 23.4 Å². The van der Waals surface area contributed by atoms with E-state index >= 15 is 0 Å². The number of thioether (sulfide) groups is 1. The first-order chi connectivity index (χ1) is 8.68. The number of hydrogen-bond donors (Lipinski definition) is 1. The number of piperazine rings is 1. The maximum Gasteiger partial charge on any atom is 0.233 e. The van der Waals surface area contributed by atoms with Crippen molar-refractivity contribution in [2.45, 2.75) is 17.9 Å². The van der Waals surface area contributed by atoms with Crippen LogP contribution in [0.25, 0.3) is 0 Å². The van der Waals surface area contributed by atoms with Gasteiger partial charge in [-0.05, 0) is 19.1 Å². The SMILES string of the molecule is C[C@@H]1CNCCN1C(=O)CSc1ccccc1Cl. The molecule has 3 nitrogen and oxygen atoms in total. The Labute approximate surface area is 117 Å². The minimum atomic E-state index is 0.189. The molecule has 2 rings (SSSR count). The van der Waals surface area contributed by atoms with Gasteiger partial charge in [-0.2, -0.15) is 0 Å². The average molecular weight is 285 g/mol. The molecule has 18 heavy (non-hydrogen) atoms. The molecule has 0 spiro atoms. The van der Waals surface area contributed by atoms with Gasteiger partial charge in [0, 0.05) is 30.6 Å². The Hall–Kier alpha value is -0.710. The number of amides is 1. The van der Waals surface area contributed by atoms with Crippen LogP contribution in [0.4, 0.5) is 0 Å². The Morgan fingerprint density at radius 2 is 2.33 bits per heavy atom. The van der Waals surface area contributed by atoms with E-state index in [9.17, 15) is 4.79 Å². The van der Waals surface area contributed by atoms with E-state index in [4.69, 9.17) is 11.6 Å². The zero-order valence-electron chi connectivity index (χ0n) is 10.4. The molecule has 1 saturated heterocycles. The summed E-state index contributed by atoms with van der Waals surface area (Å²) >= 11 is 7.57. The first-order valence-corrected chi connectivity index (χ1v) is 7.42. The van der Waals surface area contributed by atoms with E-state index in [1.165, 1.54) is 11.8 Å². The fraction of sp³-hybridized carbons (Fsp3) is 0.462. The van der Waals surface area contributed by atoms with E-state index in [0.29, 0.717) is 10.8 Å². The standard InChI is InChI=1S/C13H17ClN2OS/c1-10-8-15-6-7-16(10)13(17)9-18-12-5-3-2-4-11(12)14/h2-5,10,15H,6-9H2,1H3/t10-/m1/s1. The van der Waals surface area contributed by atoms with Crippen molar-refractivity contribution in [1.29, 1.82) is 0 Å². The van der Waals surface area contributed by atoms with Gasteiger partial charge in [0.25, 0.3) is 0 Å². The molecule has 1 N–H and O–H groups in total. The summed E-state index contributed by atoms with van der Waals surface area (Å²) < 4.78 is 0. The van der Waals surface area contributed by atoms with E-state index < -0.39 is 0 Å². The van der Waals surface area contributed by atoms with Crippen molar-refractivity contribution in [3.63, 3.8) is 0 Å². The average Bonchev–Trinajstić information content (AvgIpc) is 2.38. The molecule has 1 heterocycles. The van der Waals surface area contributed by atoms with Crippen LogP contribution < -0.4 is 5.32 Å². The Kier molecular flexibility index (Phi) is 4.92. The quantitative estimate of drug-likeness (QED) is 0.864. The van der Waals surface area contributed by atoms with Crippen molar-refractivity contribution in [2.75, 3.05) is 25.4 Å². The van der Waals surface area contributed by atoms with Crippen LogP contribution in [-0.2, 0) is 4.79 Å². The van der Waals surface area contributed by atoms with Crippen molar-refractivity contribution in [1.82, 2.24) is 10.2 Å². The fourth-order valence-electron chi connectivity index (χ4n) is 2.00.